The van der Waals surface area contributed by atoms with Crippen molar-refractivity contribution < 1.29 is 9.13 Å². The van der Waals surface area contributed by atoms with Gasteiger partial charge in [-0.05, 0) is 25.0 Å². The Balaban J connectivity index is 1.78. The number of hydrazone groups is 1. The van der Waals surface area contributed by atoms with Crippen LogP contribution in [0.2, 0.25) is 0 Å². The average Bonchev–Trinajstić information content (AvgIpc) is 2.98. The van der Waals surface area contributed by atoms with Gasteiger partial charge in [-0.2, -0.15) is 5.10 Å². The maximum Gasteiger partial charge on any atom is 0.203 e. The minimum Gasteiger partial charge on any atom is -0.377 e. The topological polar surface area (TPSA) is 46.5 Å². The molecule has 6 heteroatoms. The van der Waals surface area contributed by atoms with E-state index in [1.807, 2.05) is 18.4 Å². The summed E-state index contributed by atoms with van der Waals surface area (Å²) >= 11 is 1.48. The Labute approximate surface area is 146 Å². The van der Waals surface area contributed by atoms with Crippen molar-refractivity contribution in [3.63, 3.8) is 0 Å². The van der Waals surface area contributed by atoms with E-state index in [9.17, 15) is 4.39 Å². The van der Waals surface area contributed by atoms with E-state index >= 15 is 0 Å². The van der Waals surface area contributed by atoms with Crippen LogP contribution < -0.4 is 5.43 Å². The summed E-state index contributed by atoms with van der Waals surface area (Å²) in [6, 6.07) is 5.04. The number of aromatic nitrogens is 1. The van der Waals surface area contributed by atoms with Crippen LogP contribution in [0.3, 0.4) is 0 Å². The average molecular weight is 349 g/mol. The minimum absolute atomic E-state index is 0.266. The zero-order valence-electron chi connectivity index (χ0n) is 14.2. The molecule has 0 saturated heterocycles. The summed E-state index contributed by atoms with van der Waals surface area (Å²) in [6.45, 7) is 5.09. The lowest BCUT2D eigenvalue weighted by atomic mass is 10.1. The Kier molecular flexibility index (Phi) is 7.85. The number of rotatable bonds is 10. The maximum absolute atomic E-state index is 14.1. The van der Waals surface area contributed by atoms with Crippen LogP contribution in [-0.4, -0.2) is 17.8 Å². The fraction of sp³-hybridized carbons (Fsp3) is 0.444. The molecule has 0 aliphatic heterocycles. The summed E-state index contributed by atoms with van der Waals surface area (Å²) in [5.41, 5.74) is 5.05. The molecule has 2 rings (SSSR count). The fourth-order valence-corrected chi connectivity index (χ4v) is 2.78. The molecule has 0 bridgehead atoms. The molecule has 0 saturated carbocycles. The molecule has 1 heterocycles. The molecule has 0 aliphatic rings. The van der Waals surface area contributed by atoms with E-state index in [0.717, 1.165) is 17.2 Å². The second kappa shape index (κ2) is 10.2. The standard InChI is InChI=1S/C18H24FN3OS/c1-3-4-5-6-9-23-12-16-8-7-15(10-17(16)19)11-20-22-18-21-14(2)13-24-18/h7-8,10-11,13H,3-6,9,12H2,1-2H3,(H,21,22). The molecular formula is C18H24FN3OS. The monoisotopic (exact) mass is 349 g/mol. The molecule has 0 spiro atoms. The number of nitrogens with zero attached hydrogens (tertiary/aromatic N) is 2. The van der Waals surface area contributed by atoms with E-state index in [1.165, 1.54) is 36.7 Å². The third-order valence-electron chi connectivity index (χ3n) is 3.47. The normalized spacial score (nSPS) is 11.3. The van der Waals surface area contributed by atoms with Crippen LogP contribution in [0.4, 0.5) is 9.52 Å². The first-order valence-corrected chi connectivity index (χ1v) is 9.14. The number of benzene rings is 1. The summed E-state index contributed by atoms with van der Waals surface area (Å²) < 4.78 is 19.6. The number of hydrogen-bond acceptors (Lipinski definition) is 5. The van der Waals surface area contributed by atoms with E-state index < -0.39 is 0 Å². The van der Waals surface area contributed by atoms with Crippen molar-refractivity contribution >= 4 is 22.7 Å². The van der Waals surface area contributed by atoms with Gasteiger partial charge in [-0.3, -0.25) is 5.43 Å². The number of thiazole rings is 1. The molecule has 1 N–H and O–H groups in total. The van der Waals surface area contributed by atoms with Crippen molar-refractivity contribution in [3.05, 3.63) is 46.2 Å². The zero-order chi connectivity index (χ0) is 17.2. The van der Waals surface area contributed by atoms with E-state index in [4.69, 9.17) is 4.74 Å². The first-order valence-electron chi connectivity index (χ1n) is 8.26. The Bertz CT molecular complexity index is 657. The Morgan fingerprint density at radius 3 is 2.92 bits per heavy atom. The van der Waals surface area contributed by atoms with Crippen molar-refractivity contribution in [2.45, 2.75) is 46.1 Å². The van der Waals surface area contributed by atoms with Crippen LogP contribution in [-0.2, 0) is 11.3 Å². The highest BCUT2D eigenvalue weighted by Crippen LogP contribution is 2.14. The zero-order valence-corrected chi connectivity index (χ0v) is 15.0. The van der Waals surface area contributed by atoms with Gasteiger partial charge < -0.3 is 4.74 Å². The van der Waals surface area contributed by atoms with Crippen molar-refractivity contribution in [2.75, 3.05) is 12.0 Å². The number of ether oxygens (including phenoxy) is 1. The van der Waals surface area contributed by atoms with Gasteiger partial charge in [-0.1, -0.05) is 38.3 Å². The molecule has 130 valence electrons. The Morgan fingerprint density at radius 2 is 2.21 bits per heavy atom. The van der Waals surface area contributed by atoms with Gasteiger partial charge in [-0.15, -0.1) is 11.3 Å². The Hall–Kier alpha value is -1.79. The Morgan fingerprint density at radius 1 is 1.33 bits per heavy atom. The van der Waals surface area contributed by atoms with Crippen molar-refractivity contribution in [3.8, 4) is 0 Å². The van der Waals surface area contributed by atoms with Gasteiger partial charge in [0.25, 0.3) is 0 Å². The second-order valence-corrected chi connectivity index (χ2v) is 6.49. The molecular weight excluding hydrogens is 325 g/mol. The largest absolute Gasteiger partial charge is 0.377 e. The number of nitrogens with one attached hydrogen (secondary N) is 1. The summed E-state index contributed by atoms with van der Waals surface area (Å²) in [7, 11) is 0. The van der Waals surface area contributed by atoms with E-state index in [-0.39, 0.29) is 5.82 Å². The molecule has 1 aromatic heterocycles. The highest BCUT2D eigenvalue weighted by atomic mass is 32.1. The molecule has 0 amide bonds. The van der Waals surface area contributed by atoms with Gasteiger partial charge in [-0.25, -0.2) is 9.37 Å². The highest BCUT2D eigenvalue weighted by molar-refractivity contribution is 7.13. The SMILES string of the molecule is CCCCCCOCc1ccc(C=NNc2nc(C)cs2)cc1F. The van der Waals surface area contributed by atoms with Gasteiger partial charge in [0.05, 0.1) is 18.5 Å². The third-order valence-corrected chi connectivity index (χ3v) is 4.33. The van der Waals surface area contributed by atoms with E-state index in [0.29, 0.717) is 24.3 Å². The molecule has 1 aromatic carbocycles. The van der Waals surface area contributed by atoms with Gasteiger partial charge in [0.1, 0.15) is 5.82 Å². The van der Waals surface area contributed by atoms with Crippen LogP contribution in [0.1, 0.15) is 49.4 Å². The van der Waals surface area contributed by atoms with Gasteiger partial charge >= 0.3 is 0 Å². The smallest absolute Gasteiger partial charge is 0.203 e. The predicted molar refractivity (Wildman–Crippen MR) is 98.3 cm³/mol. The van der Waals surface area contributed by atoms with Gasteiger partial charge in [0.2, 0.25) is 5.13 Å². The lowest BCUT2D eigenvalue weighted by Gasteiger charge is -2.06. The molecule has 4 nitrogen and oxygen atoms in total. The van der Waals surface area contributed by atoms with Crippen LogP contribution in [0.5, 0.6) is 0 Å². The number of hydrogen-bond donors (Lipinski definition) is 1. The predicted octanol–water partition coefficient (Wildman–Crippen LogP) is 5.13. The van der Waals surface area contributed by atoms with Crippen LogP contribution in [0.25, 0.3) is 0 Å². The fourth-order valence-electron chi connectivity index (χ4n) is 2.14. The van der Waals surface area contributed by atoms with Gasteiger partial charge in [0.15, 0.2) is 0 Å². The van der Waals surface area contributed by atoms with Crippen molar-refractivity contribution in [2.24, 2.45) is 5.10 Å². The maximum atomic E-state index is 14.1. The highest BCUT2D eigenvalue weighted by Gasteiger charge is 2.03. The summed E-state index contributed by atoms with van der Waals surface area (Å²) in [5, 5.41) is 6.73. The number of anilines is 1. The lowest BCUT2D eigenvalue weighted by molar-refractivity contribution is 0.114. The molecule has 0 aliphatic carbocycles. The van der Waals surface area contributed by atoms with Gasteiger partial charge in [0, 0.05) is 17.6 Å². The van der Waals surface area contributed by atoms with Crippen LogP contribution in [0.15, 0.2) is 28.7 Å². The summed E-state index contributed by atoms with van der Waals surface area (Å²) in [4.78, 5) is 4.24. The molecule has 0 fully saturated rings. The number of unbranched alkanes of at least 4 members (excludes halogenated alkanes) is 3. The summed E-state index contributed by atoms with van der Waals surface area (Å²) in [6.07, 6.45) is 6.20. The minimum atomic E-state index is -0.266. The third kappa shape index (κ3) is 6.37. The van der Waals surface area contributed by atoms with Crippen LogP contribution >= 0.6 is 11.3 Å². The first-order chi connectivity index (χ1) is 11.7. The molecule has 2 aromatic rings. The molecule has 0 atom stereocenters. The lowest BCUT2D eigenvalue weighted by Crippen LogP contribution is -1.99. The van der Waals surface area contributed by atoms with Crippen LogP contribution in [0, 0.1) is 12.7 Å². The molecule has 0 unspecified atom stereocenters. The van der Waals surface area contributed by atoms with E-state index in [1.54, 1.807) is 12.3 Å². The first kappa shape index (κ1) is 18.5. The number of halogens is 1. The van der Waals surface area contributed by atoms with Crippen molar-refractivity contribution in [1.82, 2.24) is 4.98 Å². The quantitative estimate of drug-likeness (QED) is 0.367. The second-order valence-electron chi connectivity index (χ2n) is 5.63. The molecule has 24 heavy (non-hydrogen) atoms. The van der Waals surface area contributed by atoms with Crippen molar-refractivity contribution in [1.29, 1.82) is 0 Å². The van der Waals surface area contributed by atoms with E-state index in [2.05, 4.69) is 22.4 Å². The number of aryl methyl sites for hydroxylation is 1. The summed E-state index contributed by atoms with van der Waals surface area (Å²) in [5.74, 6) is -0.266. The molecule has 0 radical (unpaired) electrons.